The predicted molar refractivity (Wildman–Crippen MR) is 74.9 cm³/mol. The molecule has 103 valence electrons. The zero-order chi connectivity index (χ0) is 14.0. The van der Waals surface area contributed by atoms with Crippen molar-refractivity contribution in [2.24, 2.45) is 0 Å². The minimum atomic E-state index is -0.317. The third-order valence-corrected chi connectivity index (χ3v) is 3.37. The number of aryl methyl sites for hydroxylation is 1. The molecule has 0 saturated carbocycles. The number of aromatic nitrogens is 1. The number of hydrogen-bond donors (Lipinski definition) is 0. The van der Waals surface area contributed by atoms with Gasteiger partial charge in [-0.2, -0.15) is 6.07 Å². The topological polar surface area (TPSA) is 31.4 Å². The molecule has 1 saturated heterocycles. The van der Waals surface area contributed by atoms with Crippen molar-refractivity contribution in [1.82, 2.24) is 4.98 Å². The summed E-state index contributed by atoms with van der Waals surface area (Å²) in [5.74, 6) is 0. The Hall–Kier alpha value is 0.239. The van der Waals surface area contributed by atoms with Crippen LogP contribution >= 0.6 is 0 Å². The van der Waals surface area contributed by atoms with E-state index in [1.54, 1.807) is 0 Å². The van der Waals surface area contributed by atoms with Gasteiger partial charge >= 0.3 is 7.12 Å². The molecule has 2 heterocycles. The molecule has 1 radical (unpaired) electrons. The van der Waals surface area contributed by atoms with Crippen molar-refractivity contribution in [1.29, 1.82) is 0 Å². The molecule has 0 aliphatic carbocycles. The van der Waals surface area contributed by atoms with E-state index in [0.29, 0.717) is 0 Å². The fourth-order valence-electron chi connectivity index (χ4n) is 1.64. The van der Waals surface area contributed by atoms with E-state index in [1.807, 2.05) is 60.6 Å². The average Bonchev–Trinajstić information content (AvgIpc) is 2.51. The van der Waals surface area contributed by atoms with Crippen LogP contribution in [0.25, 0.3) is 0 Å². The molecule has 1 aliphatic rings. The Morgan fingerprint density at radius 1 is 1.11 bits per heavy atom. The monoisotopic (exact) mass is 337 g/mol. The summed E-state index contributed by atoms with van der Waals surface area (Å²) in [5.41, 5.74) is 1.31. The molecule has 3 nitrogen and oxygen atoms in total. The zero-order valence-electron chi connectivity index (χ0n) is 13.1. The molecule has 0 aromatic carbocycles. The Bertz CT molecular complexity index is 394. The first-order valence-electron chi connectivity index (χ1n) is 6.52. The van der Waals surface area contributed by atoms with Gasteiger partial charge in [-0.1, -0.05) is 32.7 Å². The maximum Gasteiger partial charge on any atom is 0.419 e. The van der Waals surface area contributed by atoms with Crippen molar-refractivity contribution in [3.05, 3.63) is 24.0 Å². The first-order valence-corrected chi connectivity index (χ1v) is 6.52. The summed E-state index contributed by atoms with van der Waals surface area (Å²) in [6, 6.07) is 3.79. The molecule has 0 N–H and O–H groups in total. The Morgan fingerprint density at radius 3 is 2.00 bits per heavy atom. The van der Waals surface area contributed by atoms with Gasteiger partial charge in [0.25, 0.3) is 0 Å². The molecule has 2 rings (SSSR count). The van der Waals surface area contributed by atoms with Crippen LogP contribution in [-0.4, -0.2) is 23.3 Å². The van der Waals surface area contributed by atoms with Gasteiger partial charge in [0.1, 0.15) is 0 Å². The van der Waals surface area contributed by atoms with Gasteiger partial charge in [-0.25, -0.2) is 0 Å². The fourth-order valence-corrected chi connectivity index (χ4v) is 1.64. The summed E-state index contributed by atoms with van der Waals surface area (Å²) in [5, 5.41) is 0. The van der Waals surface area contributed by atoms with Crippen molar-refractivity contribution in [3.8, 4) is 0 Å². The summed E-state index contributed by atoms with van der Waals surface area (Å²) < 4.78 is 11.9. The van der Waals surface area contributed by atoms with E-state index in [2.05, 4.69) is 11.2 Å². The van der Waals surface area contributed by atoms with Gasteiger partial charge in [-0.3, -0.25) is 0 Å². The molecular weight excluding hydrogens is 314 g/mol. The molecule has 0 bridgehead atoms. The fraction of sp³-hybridized carbons (Fsp3) is 0.643. The summed E-state index contributed by atoms with van der Waals surface area (Å²) in [6.45, 7) is 14.1. The average molecular weight is 337 g/mol. The molecule has 1 aromatic rings. The van der Waals surface area contributed by atoms with Gasteiger partial charge in [0.15, 0.2) is 0 Å². The largest absolute Gasteiger partial charge is 0.419 e. The Morgan fingerprint density at radius 2 is 1.58 bits per heavy atom. The molecule has 1 fully saturated rings. The van der Waals surface area contributed by atoms with Gasteiger partial charge in [0.2, 0.25) is 0 Å². The maximum absolute atomic E-state index is 5.94. The van der Waals surface area contributed by atoms with Crippen LogP contribution in [0, 0.1) is 13.1 Å². The van der Waals surface area contributed by atoms with E-state index < -0.39 is 0 Å². The van der Waals surface area contributed by atoms with Crippen molar-refractivity contribution < 1.29 is 42.0 Å². The molecule has 0 unspecified atom stereocenters. The van der Waals surface area contributed by atoms with Gasteiger partial charge in [-0.05, 0) is 27.7 Å². The molecule has 1 aliphatic heterocycles. The summed E-state index contributed by atoms with van der Waals surface area (Å²) in [7, 11) is -0.317. The minimum absolute atomic E-state index is 0. The Kier molecular flexibility index (Phi) is 7.40. The number of pyridine rings is 1. The van der Waals surface area contributed by atoms with Gasteiger partial charge in [-0.15, -0.1) is 11.5 Å². The second-order valence-corrected chi connectivity index (χ2v) is 5.26. The van der Waals surface area contributed by atoms with Crippen LogP contribution in [0.1, 0.15) is 47.2 Å². The van der Waals surface area contributed by atoms with Gasteiger partial charge < -0.3 is 14.3 Å². The van der Waals surface area contributed by atoms with Crippen molar-refractivity contribution in [2.45, 2.75) is 59.7 Å². The molecule has 0 atom stereocenters. The van der Waals surface area contributed by atoms with Crippen molar-refractivity contribution >= 4 is 12.6 Å². The third kappa shape index (κ3) is 4.35. The maximum atomic E-state index is 5.94. The molecule has 19 heavy (non-hydrogen) atoms. The standard InChI is InChI=1S/C12H17BNO2.C2H6.Y/c1-9-8-10(6-7-14-9)13-15-11(2,3)12(4,5)16-13;1-2;/h6,8H,1-5H3;1-2H3;/q-1;;. The van der Waals surface area contributed by atoms with E-state index in [-0.39, 0.29) is 51.0 Å². The van der Waals surface area contributed by atoms with Crippen molar-refractivity contribution in [2.75, 3.05) is 0 Å². The van der Waals surface area contributed by atoms with E-state index in [4.69, 9.17) is 9.31 Å². The zero-order valence-corrected chi connectivity index (χ0v) is 15.9. The second-order valence-electron chi connectivity index (χ2n) is 5.26. The minimum Gasteiger partial charge on any atom is -0.410 e. The predicted octanol–water partition coefficient (Wildman–Crippen LogP) is 2.51. The van der Waals surface area contributed by atoms with Crippen LogP contribution in [0.3, 0.4) is 0 Å². The van der Waals surface area contributed by atoms with Crippen LogP contribution in [0.4, 0.5) is 0 Å². The molecule has 5 heteroatoms. The van der Waals surface area contributed by atoms with Crippen LogP contribution in [-0.2, 0) is 42.0 Å². The molecule has 1 aromatic heterocycles. The normalized spacial score (nSPS) is 19.2. The van der Waals surface area contributed by atoms with E-state index in [1.165, 1.54) is 0 Å². The van der Waals surface area contributed by atoms with Crippen LogP contribution in [0.15, 0.2) is 12.1 Å². The third-order valence-electron chi connectivity index (χ3n) is 3.37. The van der Waals surface area contributed by atoms with E-state index in [9.17, 15) is 0 Å². The smallest absolute Gasteiger partial charge is 0.410 e. The second kappa shape index (κ2) is 7.31. The molecule has 0 amide bonds. The van der Waals surface area contributed by atoms with Crippen LogP contribution in [0.2, 0.25) is 0 Å². The first kappa shape index (κ1) is 19.2. The summed E-state index contributed by atoms with van der Waals surface area (Å²) >= 11 is 0. The number of nitrogens with zero attached hydrogens (tertiary/aromatic N) is 1. The Balaban J connectivity index is 0.00000103. The molecular formula is C14H23BNO2Y-. The van der Waals surface area contributed by atoms with Gasteiger partial charge in [0.05, 0.1) is 11.2 Å². The summed E-state index contributed by atoms with van der Waals surface area (Å²) in [4.78, 5) is 4.05. The first-order chi connectivity index (χ1) is 8.32. The van der Waals surface area contributed by atoms with Crippen molar-refractivity contribution in [3.63, 3.8) is 0 Å². The van der Waals surface area contributed by atoms with E-state index in [0.717, 1.165) is 11.2 Å². The quantitative estimate of drug-likeness (QED) is 0.583. The molecule has 0 spiro atoms. The van der Waals surface area contributed by atoms with Crippen LogP contribution in [0.5, 0.6) is 0 Å². The SMILES string of the molecule is CC.Cc1cc(B2OC(C)(C)C(C)(C)O2)c[c-]n1.[Y]. The number of hydrogen-bond acceptors (Lipinski definition) is 3. The van der Waals surface area contributed by atoms with Crippen LogP contribution < -0.4 is 5.46 Å². The Labute approximate surface area is 142 Å². The van der Waals surface area contributed by atoms with Gasteiger partial charge in [0, 0.05) is 32.7 Å². The summed E-state index contributed by atoms with van der Waals surface area (Å²) in [6.07, 6.45) is 2.85. The van der Waals surface area contributed by atoms with E-state index >= 15 is 0 Å². The number of rotatable bonds is 1.